The summed E-state index contributed by atoms with van der Waals surface area (Å²) in [6.45, 7) is -0.0656. The predicted molar refractivity (Wildman–Crippen MR) is 58.7 cm³/mol. The Morgan fingerprint density at radius 1 is 1.53 bits per heavy atom. The predicted octanol–water partition coefficient (Wildman–Crippen LogP) is 2.55. The third-order valence-electron chi connectivity index (χ3n) is 1.66. The lowest BCUT2D eigenvalue weighted by molar-refractivity contribution is 0.155. The summed E-state index contributed by atoms with van der Waals surface area (Å²) in [5.41, 5.74) is 0. The maximum absolute atomic E-state index is 12.3. The molecule has 0 aromatic carbocycles. The van der Waals surface area contributed by atoms with Crippen LogP contribution in [-0.2, 0) is 0 Å². The van der Waals surface area contributed by atoms with E-state index in [9.17, 15) is 8.78 Å². The fraction of sp³-hybridized carbons (Fsp3) is 0.500. The Balaban J connectivity index is 2.83. The Kier molecular flexibility index (Phi) is 5.17. The average molecular weight is 301 g/mol. The van der Waals surface area contributed by atoms with Gasteiger partial charge in [0.05, 0.1) is 11.0 Å². The normalized spacial score (nSPS) is 10.7. The zero-order valence-corrected chi connectivity index (χ0v) is 10.0. The highest BCUT2D eigenvalue weighted by molar-refractivity contribution is 9.10. The van der Waals surface area contributed by atoms with Gasteiger partial charge >= 0.3 is 0 Å². The molecular formula is C8H9BrClF2N3. The van der Waals surface area contributed by atoms with E-state index in [0.717, 1.165) is 0 Å². The van der Waals surface area contributed by atoms with Crippen molar-refractivity contribution in [1.29, 1.82) is 0 Å². The maximum atomic E-state index is 12.3. The van der Waals surface area contributed by atoms with Crippen LogP contribution in [0.25, 0.3) is 0 Å². The van der Waals surface area contributed by atoms with E-state index in [0.29, 0.717) is 16.8 Å². The molecule has 0 unspecified atom stereocenters. The monoisotopic (exact) mass is 299 g/mol. The molecule has 0 fully saturated rings. The van der Waals surface area contributed by atoms with Gasteiger partial charge in [0.25, 0.3) is 6.43 Å². The summed E-state index contributed by atoms with van der Waals surface area (Å²) in [7, 11) is 0. The molecule has 0 saturated carbocycles. The van der Waals surface area contributed by atoms with Gasteiger partial charge in [-0.15, -0.1) is 11.6 Å². The van der Waals surface area contributed by atoms with Crippen molar-refractivity contribution < 1.29 is 8.78 Å². The Labute approximate surface area is 99.6 Å². The molecular weight excluding hydrogens is 291 g/mol. The largest absolute Gasteiger partial charge is 0.349 e. The summed E-state index contributed by atoms with van der Waals surface area (Å²) in [5, 5.41) is 0. The standard InChI is InChI=1S/C8H9BrClF2N3/c9-6-3-13-5-14-8(6)15(2-1-10)4-7(11)12/h3,5,7H,1-2,4H2. The molecule has 0 aliphatic rings. The number of anilines is 1. The smallest absolute Gasteiger partial charge is 0.255 e. The van der Waals surface area contributed by atoms with E-state index >= 15 is 0 Å². The van der Waals surface area contributed by atoms with E-state index in [1.165, 1.54) is 17.4 Å². The summed E-state index contributed by atoms with van der Waals surface area (Å²) in [6, 6.07) is 0. The van der Waals surface area contributed by atoms with Crippen LogP contribution in [0.4, 0.5) is 14.6 Å². The van der Waals surface area contributed by atoms with Gasteiger partial charge in [-0.2, -0.15) is 0 Å². The second-order valence-electron chi connectivity index (χ2n) is 2.72. The molecule has 1 heterocycles. The Morgan fingerprint density at radius 2 is 2.27 bits per heavy atom. The van der Waals surface area contributed by atoms with Gasteiger partial charge in [0.15, 0.2) is 0 Å². The molecule has 0 radical (unpaired) electrons. The Morgan fingerprint density at radius 3 is 2.80 bits per heavy atom. The quantitative estimate of drug-likeness (QED) is 0.783. The first-order valence-electron chi connectivity index (χ1n) is 4.19. The third kappa shape index (κ3) is 3.87. The van der Waals surface area contributed by atoms with Crippen LogP contribution in [-0.4, -0.2) is 35.4 Å². The minimum atomic E-state index is -2.42. The van der Waals surface area contributed by atoms with Crippen LogP contribution in [0.5, 0.6) is 0 Å². The molecule has 1 rings (SSSR count). The number of aromatic nitrogens is 2. The van der Waals surface area contributed by atoms with Gasteiger partial charge in [0.1, 0.15) is 12.1 Å². The van der Waals surface area contributed by atoms with Gasteiger partial charge in [-0.25, -0.2) is 18.7 Å². The molecule has 0 aliphatic heterocycles. The van der Waals surface area contributed by atoms with E-state index < -0.39 is 6.43 Å². The zero-order valence-electron chi connectivity index (χ0n) is 7.71. The molecule has 15 heavy (non-hydrogen) atoms. The van der Waals surface area contributed by atoms with E-state index in [4.69, 9.17) is 11.6 Å². The number of halogens is 4. The van der Waals surface area contributed by atoms with Crippen LogP contribution in [0.15, 0.2) is 17.0 Å². The highest BCUT2D eigenvalue weighted by atomic mass is 79.9. The third-order valence-corrected chi connectivity index (χ3v) is 2.39. The Bertz CT molecular complexity index is 314. The molecule has 0 spiro atoms. The molecule has 0 saturated heterocycles. The molecule has 0 amide bonds. The number of rotatable bonds is 5. The zero-order chi connectivity index (χ0) is 11.3. The highest BCUT2D eigenvalue weighted by Gasteiger charge is 2.15. The molecule has 0 aliphatic carbocycles. The van der Waals surface area contributed by atoms with Crippen molar-refractivity contribution in [3.05, 3.63) is 17.0 Å². The second-order valence-corrected chi connectivity index (χ2v) is 3.95. The van der Waals surface area contributed by atoms with Crippen molar-refractivity contribution in [2.24, 2.45) is 0 Å². The van der Waals surface area contributed by atoms with Crippen molar-refractivity contribution in [2.75, 3.05) is 23.9 Å². The van der Waals surface area contributed by atoms with Gasteiger partial charge in [-0.1, -0.05) is 0 Å². The van der Waals surface area contributed by atoms with Crippen LogP contribution < -0.4 is 4.90 Å². The van der Waals surface area contributed by atoms with Gasteiger partial charge < -0.3 is 4.90 Å². The average Bonchev–Trinajstić information content (AvgIpc) is 2.17. The topological polar surface area (TPSA) is 29.0 Å². The molecule has 1 aromatic heterocycles. The van der Waals surface area contributed by atoms with Crippen molar-refractivity contribution in [1.82, 2.24) is 9.97 Å². The van der Waals surface area contributed by atoms with E-state index in [2.05, 4.69) is 25.9 Å². The van der Waals surface area contributed by atoms with Crippen LogP contribution in [0, 0.1) is 0 Å². The first-order chi connectivity index (χ1) is 7.15. The number of alkyl halides is 3. The van der Waals surface area contributed by atoms with Gasteiger partial charge in [0.2, 0.25) is 0 Å². The number of nitrogens with zero attached hydrogens (tertiary/aromatic N) is 3. The van der Waals surface area contributed by atoms with Gasteiger partial charge in [0, 0.05) is 18.6 Å². The van der Waals surface area contributed by atoms with Crippen molar-refractivity contribution in [3.8, 4) is 0 Å². The maximum Gasteiger partial charge on any atom is 0.255 e. The van der Waals surface area contributed by atoms with Crippen LogP contribution in [0.2, 0.25) is 0 Å². The molecule has 3 nitrogen and oxygen atoms in total. The molecule has 0 N–H and O–H groups in total. The van der Waals surface area contributed by atoms with Crippen LogP contribution in [0.3, 0.4) is 0 Å². The lowest BCUT2D eigenvalue weighted by Crippen LogP contribution is -2.31. The molecule has 1 aromatic rings. The first-order valence-corrected chi connectivity index (χ1v) is 5.52. The summed E-state index contributed by atoms with van der Waals surface area (Å²) in [6.07, 6.45) is 0.400. The van der Waals surface area contributed by atoms with E-state index in [-0.39, 0.29) is 12.4 Å². The highest BCUT2D eigenvalue weighted by Crippen LogP contribution is 2.22. The number of hydrogen-bond donors (Lipinski definition) is 0. The molecule has 0 atom stereocenters. The second kappa shape index (κ2) is 6.17. The van der Waals surface area contributed by atoms with Crippen LogP contribution >= 0.6 is 27.5 Å². The van der Waals surface area contributed by atoms with Crippen molar-refractivity contribution >= 4 is 33.3 Å². The van der Waals surface area contributed by atoms with Crippen LogP contribution in [0.1, 0.15) is 0 Å². The van der Waals surface area contributed by atoms with Crippen molar-refractivity contribution in [3.63, 3.8) is 0 Å². The summed E-state index contributed by atoms with van der Waals surface area (Å²) in [5.74, 6) is 0.703. The molecule has 7 heteroatoms. The lowest BCUT2D eigenvalue weighted by atomic mass is 10.4. The van der Waals surface area contributed by atoms with E-state index in [1.807, 2.05) is 0 Å². The number of hydrogen-bond acceptors (Lipinski definition) is 3. The summed E-state index contributed by atoms with van der Waals surface area (Å²) >= 11 is 8.74. The van der Waals surface area contributed by atoms with Gasteiger partial charge in [-0.05, 0) is 15.9 Å². The summed E-state index contributed by atoms with van der Waals surface area (Å²) < 4.78 is 25.1. The van der Waals surface area contributed by atoms with Gasteiger partial charge in [-0.3, -0.25) is 0 Å². The Hall–Kier alpha value is -0.490. The molecule has 0 bridgehead atoms. The minimum absolute atomic E-state index is 0.267. The first kappa shape index (κ1) is 12.6. The fourth-order valence-corrected chi connectivity index (χ4v) is 1.77. The molecule has 84 valence electrons. The minimum Gasteiger partial charge on any atom is -0.349 e. The van der Waals surface area contributed by atoms with Crippen molar-refractivity contribution in [2.45, 2.75) is 6.43 Å². The SMILES string of the molecule is FC(F)CN(CCCl)c1ncncc1Br. The van der Waals surface area contributed by atoms with E-state index in [1.54, 1.807) is 0 Å². The summed E-state index contributed by atoms with van der Waals surface area (Å²) in [4.78, 5) is 9.11. The fourth-order valence-electron chi connectivity index (χ4n) is 1.09. The lowest BCUT2D eigenvalue weighted by Gasteiger charge is -2.22.